The van der Waals surface area contributed by atoms with Crippen molar-refractivity contribution in [2.24, 2.45) is 0 Å². The maximum atomic E-state index is 13.0. The van der Waals surface area contributed by atoms with Crippen molar-refractivity contribution in [2.75, 3.05) is 13.6 Å². The number of hydrogen-bond acceptors (Lipinski definition) is 4. The van der Waals surface area contributed by atoms with Crippen LogP contribution < -0.4 is 0 Å². The summed E-state index contributed by atoms with van der Waals surface area (Å²) in [6.45, 7) is 8.77. The Bertz CT molecular complexity index is 946. The normalized spacial score (nSPS) is 11.1. The van der Waals surface area contributed by atoms with Gasteiger partial charge in [-0.15, -0.1) is 11.3 Å². The number of benzene rings is 1. The van der Waals surface area contributed by atoms with Crippen LogP contribution in [0.3, 0.4) is 0 Å². The van der Waals surface area contributed by atoms with Crippen molar-refractivity contribution >= 4 is 28.1 Å². The molecule has 0 unspecified atom stereocenters. The summed E-state index contributed by atoms with van der Waals surface area (Å²) in [6.07, 6.45) is 0.832. The molecule has 3 aromatic rings. The third-order valence-corrected chi connectivity index (χ3v) is 5.72. The zero-order valence-corrected chi connectivity index (χ0v) is 16.2. The Balaban J connectivity index is 1.91. The maximum absolute atomic E-state index is 13.0. The summed E-state index contributed by atoms with van der Waals surface area (Å²) in [5, 5.41) is 0.930. The quantitative estimate of drug-likeness (QED) is 0.705. The molecule has 0 saturated carbocycles. The molecular weight excluding hydrogens is 330 g/mol. The molecule has 0 aliphatic rings. The summed E-state index contributed by atoms with van der Waals surface area (Å²) in [4.78, 5) is 25.0. The van der Waals surface area contributed by atoms with Gasteiger partial charge in [-0.05, 0) is 44.9 Å². The van der Waals surface area contributed by atoms with Gasteiger partial charge in [-0.2, -0.15) is 0 Å². The Kier molecular flexibility index (Phi) is 4.86. The Morgan fingerprint density at radius 1 is 1.20 bits per heavy atom. The molecule has 0 saturated heterocycles. The number of aryl methyl sites for hydroxylation is 4. The number of pyridine rings is 1. The van der Waals surface area contributed by atoms with Gasteiger partial charge in [-0.25, -0.2) is 4.98 Å². The second kappa shape index (κ2) is 6.92. The van der Waals surface area contributed by atoms with E-state index in [4.69, 9.17) is 0 Å². The lowest BCUT2D eigenvalue weighted by Crippen LogP contribution is -2.29. The molecule has 1 amide bonds. The fraction of sp³-hybridized carbons (Fsp3) is 0.350. The van der Waals surface area contributed by atoms with Crippen molar-refractivity contribution in [1.29, 1.82) is 0 Å². The van der Waals surface area contributed by atoms with E-state index in [1.807, 2.05) is 38.5 Å². The summed E-state index contributed by atoms with van der Waals surface area (Å²) in [5.74, 6) is 0.0425. The van der Waals surface area contributed by atoms with Gasteiger partial charge >= 0.3 is 0 Å². The van der Waals surface area contributed by atoms with Gasteiger partial charge in [-0.1, -0.05) is 12.1 Å². The number of fused-ring (bicyclic) bond motifs is 1. The van der Waals surface area contributed by atoms with Crippen LogP contribution in [-0.4, -0.2) is 34.4 Å². The van der Waals surface area contributed by atoms with Crippen LogP contribution in [0.1, 0.15) is 37.7 Å². The number of thiazole rings is 1. The minimum atomic E-state index is 0.0425. The minimum Gasteiger partial charge on any atom is -0.341 e. The zero-order valence-electron chi connectivity index (χ0n) is 15.4. The summed E-state index contributed by atoms with van der Waals surface area (Å²) >= 11 is 1.65. The van der Waals surface area contributed by atoms with Crippen molar-refractivity contribution in [3.05, 3.63) is 56.7 Å². The van der Waals surface area contributed by atoms with Gasteiger partial charge in [0.25, 0.3) is 5.91 Å². The summed E-state index contributed by atoms with van der Waals surface area (Å²) in [6, 6.07) is 5.97. The van der Waals surface area contributed by atoms with E-state index in [1.165, 1.54) is 10.4 Å². The molecular formula is C20H23N3OS. The first-order valence-electron chi connectivity index (χ1n) is 8.40. The molecule has 0 bridgehead atoms. The number of nitrogens with zero attached hydrogens (tertiary/aromatic N) is 3. The van der Waals surface area contributed by atoms with Gasteiger partial charge in [0, 0.05) is 36.0 Å². The second-order valence-electron chi connectivity index (χ2n) is 6.55. The zero-order chi connectivity index (χ0) is 18.1. The maximum Gasteiger partial charge on any atom is 0.254 e. The number of hydrogen-bond donors (Lipinski definition) is 0. The number of carbonyl (C=O) groups is 1. The van der Waals surface area contributed by atoms with Crippen molar-refractivity contribution in [3.8, 4) is 0 Å². The monoisotopic (exact) mass is 353 g/mol. The number of carbonyl (C=O) groups excluding carboxylic acids is 1. The van der Waals surface area contributed by atoms with Gasteiger partial charge in [0.05, 0.1) is 22.3 Å². The summed E-state index contributed by atoms with van der Waals surface area (Å²) in [7, 11) is 1.86. The third-order valence-electron chi connectivity index (χ3n) is 4.73. The summed E-state index contributed by atoms with van der Waals surface area (Å²) < 4.78 is 0. The number of rotatable bonds is 4. The van der Waals surface area contributed by atoms with Gasteiger partial charge in [0.2, 0.25) is 0 Å². The van der Waals surface area contributed by atoms with Crippen molar-refractivity contribution in [2.45, 2.75) is 34.1 Å². The van der Waals surface area contributed by atoms with E-state index in [-0.39, 0.29) is 5.91 Å². The molecule has 0 radical (unpaired) electrons. The predicted octanol–water partition coefficient (Wildman–Crippen LogP) is 4.24. The van der Waals surface area contributed by atoms with E-state index in [1.54, 1.807) is 16.2 Å². The highest BCUT2D eigenvalue weighted by Crippen LogP contribution is 2.25. The van der Waals surface area contributed by atoms with Gasteiger partial charge < -0.3 is 4.90 Å². The van der Waals surface area contributed by atoms with Crippen LogP contribution in [0.4, 0.5) is 0 Å². The molecule has 130 valence electrons. The van der Waals surface area contributed by atoms with E-state index >= 15 is 0 Å². The molecule has 0 spiro atoms. The van der Waals surface area contributed by atoms with Crippen molar-refractivity contribution < 1.29 is 4.79 Å². The van der Waals surface area contributed by atoms with Gasteiger partial charge in [0.15, 0.2) is 0 Å². The van der Waals surface area contributed by atoms with E-state index < -0.39 is 0 Å². The topological polar surface area (TPSA) is 46.1 Å². The lowest BCUT2D eigenvalue weighted by atomic mass is 10.0. The van der Waals surface area contributed by atoms with E-state index in [0.717, 1.165) is 39.8 Å². The van der Waals surface area contributed by atoms with Gasteiger partial charge in [0.1, 0.15) is 0 Å². The lowest BCUT2D eigenvalue weighted by molar-refractivity contribution is 0.0798. The Morgan fingerprint density at radius 3 is 2.64 bits per heavy atom. The first kappa shape index (κ1) is 17.5. The van der Waals surface area contributed by atoms with Crippen LogP contribution in [0.25, 0.3) is 10.9 Å². The molecule has 5 heteroatoms. The number of amides is 1. The van der Waals surface area contributed by atoms with E-state index in [2.05, 4.69) is 29.9 Å². The SMILES string of the molecule is Cc1cc(C(=O)N(C)CCc2scnc2C)c2ccc(C)c(C)c2n1. The molecule has 3 rings (SSSR count). The van der Waals surface area contributed by atoms with Crippen molar-refractivity contribution in [3.63, 3.8) is 0 Å². The first-order valence-corrected chi connectivity index (χ1v) is 9.28. The Morgan fingerprint density at radius 2 is 1.96 bits per heavy atom. The lowest BCUT2D eigenvalue weighted by Gasteiger charge is -2.19. The third kappa shape index (κ3) is 3.42. The molecule has 2 aromatic heterocycles. The largest absolute Gasteiger partial charge is 0.341 e. The molecule has 0 atom stereocenters. The van der Waals surface area contributed by atoms with Crippen LogP contribution in [0, 0.1) is 27.7 Å². The summed E-state index contributed by atoms with van der Waals surface area (Å²) in [5.41, 5.74) is 7.77. The second-order valence-corrected chi connectivity index (χ2v) is 7.49. The molecule has 2 heterocycles. The minimum absolute atomic E-state index is 0.0425. The van der Waals surface area contributed by atoms with Crippen LogP contribution in [0.15, 0.2) is 23.7 Å². The van der Waals surface area contributed by atoms with Crippen LogP contribution in [0.2, 0.25) is 0 Å². The first-order chi connectivity index (χ1) is 11.9. The average Bonchev–Trinajstić information content (AvgIpc) is 3.00. The highest BCUT2D eigenvalue weighted by molar-refractivity contribution is 7.09. The van der Waals surface area contributed by atoms with E-state index in [9.17, 15) is 4.79 Å². The molecule has 0 fully saturated rings. The molecule has 1 aromatic carbocycles. The fourth-order valence-corrected chi connectivity index (χ4v) is 3.75. The molecule has 0 aliphatic carbocycles. The number of aromatic nitrogens is 2. The average molecular weight is 353 g/mol. The van der Waals surface area contributed by atoms with E-state index in [0.29, 0.717) is 6.54 Å². The molecule has 0 aliphatic heterocycles. The predicted molar refractivity (Wildman–Crippen MR) is 103 cm³/mol. The van der Waals surface area contributed by atoms with Crippen LogP contribution in [0.5, 0.6) is 0 Å². The standard InChI is InChI=1S/C20H23N3OS/c1-12-6-7-16-17(10-13(2)22-19(16)14(12)3)20(24)23(5)9-8-18-15(4)21-11-25-18/h6-7,10-11H,8-9H2,1-5H3. The van der Waals surface area contributed by atoms with Crippen LogP contribution >= 0.6 is 11.3 Å². The van der Waals surface area contributed by atoms with Crippen molar-refractivity contribution in [1.82, 2.24) is 14.9 Å². The molecule has 0 N–H and O–H groups in total. The number of likely N-dealkylation sites (N-methyl/N-ethyl adjacent to an activating group) is 1. The molecule has 25 heavy (non-hydrogen) atoms. The highest BCUT2D eigenvalue weighted by Gasteiger charge is 2.18. The molecule has 4 nitrogen and oxygen atoms in total. The van der Waals surface area contributed by atoms with Gasteiger partial charge in [-0.3, -0.25) is 9.78 Å². The van der Waals surface area contributed by atoms with Crippen LogP contribution in [-0.2, 0) is 6.42 Å². The Labute approximate surface area is 152 Å². The Hall–Kier alpha value is -2.27. The highest BCUT2D eigenvalue weighted by atomic mass is 32.1. The smallest absolute Gasteiger partial charge is 0.254 e. The fourth-order valence-electron chi connectivity index (χ4n) is 2.98.